The highest BCUT2D eigenvalue weighted by Gasteiger charge is 2.17. The molecule has 0 aromatic heterocycles. The third-order valence-electron chi connectivity index (χ3n) is 4.85. The largest absolute Gasteiger partial charge is 0.483 e. The zero-order chi connectivity index (χ0) is 16.8. The van der Waals surface area contributed by atoms with E-state index < -0.39 is 0 Å². The van der Waals surface area contributed by atoms with Gasteiger partial charge >= 0.3 is 0 Å². The zero-order valence-corrected chi connectivity index (χ0v) is 14.9. The summed E-state index contributed by atoms with van der Waals surface area (Å²) in [4.78, 5) is 14.1. The first kappa shape index (κ1) is 17.8. The minimum Gasteiger partial charge on any atom is -0.483 e. The molecule has 0 radical (unpaired) electrons. The van der Waals surface area contributed by atoms with Gasteiger partial charge in [-0.25, -0.2) is 0 Å². The average molecular weight is 319 g/mol. The molecule has 4 heteroatoms. The van der Waals surface area contributed by atoms with E-state index in [0.29, 0.717) is 5.92 Å². The number of amides is 1. The number of nitrogens with zero attached hydrogens (tertiary/aromatic N) is 1. The van der Waals surface area contributed by atoms with Gasteiger partial charge < -0.3 is 14.4 Å². The SMILES string of the molecule is Cc1ccc(C)c(OCC(=O)N(C)CCC2CCOCC2)c1C. The molecule has 0 spiro atoms. The maximum absolute atomic E-state index is 12.3. The number of hydrogen-bond donors (Lipinski definition) is 0. The summed E-state index contributed by atoms with van der Waals surface area (Å²) < 4.78 is 11.2. The quantitative estimate of drug-likeness (QED) is 0.808. The van der Waals surface area contributed by atoms with Crippen LogP contribution >= 0.6 is 0 Å². The van der Waals surface area contributed by atoms with Crippen LogP contribution in [0.4, 0.5) is 0 Å². The zero-order valence-electron chi connectivity index (χ0n) is 14.9. The first-order chi connectivity index (χ1) is 11.0. The fourth-order valence-corrected chi connectivity index (χ4v) is 2.93. The molecule has 1 aliphatic rings. The fraction of sp³-hybridized carbons (Fsp3) is 0.632. The number of hydrogen-bond acceptors (Lipinski definition) is 3. The van der Waals surface area contributed by atoms with Gasteiger partial charge in [0.1, 0.15) is 5.75 Å². The van der Waals surface area contributed by atoms with Gasteiger partial charge in [0.2, 0.25) is 0 Å². The standard InChI is InChI=1S/C19H29NO3/c1-14-5-6-15(2)19(16(14)3)23-13-18(21)20(4)10-7-17-8-11-22-12-9-17/h5-6,17H,7-13H2,1-4H3. The van der Waals surface area contributed by atoms with Gasteiger partial charge in [-0.2, -0.15) is 0 Å². The fourth-order valence-electron chi connectivity index (χ4n) is 2.93. The Labute approximate surface area is 139 Å². The van der Waals surface area contributed by atoms with Crippen LogP contribution in [0.1, 0.15) is 36.0 Å². The highest BCUT2D eigenvalue weighted by Crippen LogP contribution is 2.25. The number of benzene rings is 1. The number of rotatable bonds is 6. The predicted molar refractivity (Wildman–Crippen MR) is 91.9 cm³/mol. The van der Waals surface area contributed by atoms with Crippen molar-refractivity contribution in [2.75, 3.05) is 33.4 Å². The summed E-state index contributed by atoms with van der Waals surface area (Å²) in [6, 6.07) is 4.12. The Kier molecular flexibility index (Phi) is 6.46. The molecule has 0 N–H and O–H groups in total. The van der Waals surface area contributed by atoms with Crippen LogP contribution in [0.3, 0.4) is 0 Å². The molecular weight excluding hydrogens is 290 g/mol. The van der Waals surface area contributed by atoms with Crippen molar-refractivity contribution in [2.24, 2.45) is 5.92 Å². The second-order valence-corrected chi connectivity index (χ2v) is 6.60. The first-order valence-corrected chi connectivity index (χ1v) is 8.50. The van der Waals surface area contributed by atoms with E-state index in [1.807, 2.05) is 27.0 Å². The molecule has 4 nitrogen and oxygen atoms in total. The van der Waals surface area contributed by atoms with Crippen molar-refractivity contribution in [2.45, 2.75) is 40.0 Å². The summed E-state index contributed by atoms with van der Waals surface area (Å²) in [5.41, 5.74) is 3.37. The van der Waals surface area contributed by atoms with Crippen LogP contribution < -0.4 is 4.74 Å². The second-order valence-electron chi connectivity index (χ2n) is 6.60. The molecule has 1 aromatic rings. The van der Waals surface area contributed by atoms with Crippen LogP contribution in [0.15, 0.2) is 12.1 Å². The summed E-state index contributed by atoms with van der Waals surface area (Å²) in [6.07, 6.45) is 3.27. The van der Waals surface area contributed by atoms with Crippen LogP contribution in [-0.4, -0.2) is 44.2 Å². The van der Waals surface area contributed by atoms with Crippen LogP contribution in [0.2, 0.25) is 0 Å². The Morgan fingerprint density at radius 2 is 1.87 bits per heavy atom. The smallest absolute Gasteiger partial charge is 0.260 e. The highest BCUT2D eigenvalue weighted by atomic mass is 16.5. The summed E-state index contributed by atoms with van der Waals surface area (Å²) >= 11 is 0. The van der Waals surface area contributed by atoms with E-state index in [2.05, 4.69) is 13.0 Å². The minimum atomic E-state index is 0.0392. The molecule has 128 valence electrons. The van der Waals surface area contributed by atoms with Gasteiger partial charge in [-0.15, -0.1) is 0 Å². The Bertz CT molecular complexity index is 536. The van der Waals surface area contributed by atoms with Crippen molar-refractivity contribution in [1.82, 2.24) is 4.90 Å². The molecule has 23 heavy (non-hydrogen) atoms. The lowest BCUT2D eigenvalue weighted by Crippen LogP contribution is -2.33. The van der Waals surface area contributed by atoms with Crippen molar-refractivity contribution in [3.63, 3.8) is 0 Å². The van der Waals surface area contributed by atoms with Crippen molar-refractivity contribution >= 4 is 5.91 Å². The normalized spacial score (nSPS) is 15.5. The maximum atomic E-state index is 12.3. The van der Waals surface area contributed by atoms with Gasteiger partial charge in [0, 0.05) is 26.8 Å². The van der Waals surface area contributed by atoms with Crippen molar-refractivity contribution in [3.05, 3.63) is 28.8 Å². The monoisotopic (exact) mass is 319 g/mol. The third-order valence-corrected chi connectivity index (χ3v) is 4.85. The maximum Gasteiger partial charge on any atom is 0.260 e. The lowest BCUT2D eigenvalue weighted by Gasteiger charge is -2.25. The van der Waals surface area contributed by atoms with Crippen LogP contribution in [0.25, 0.3) is 0 Å². The average Bonchev–Trinajstić information content (AvgIpc) is 2.57. The van der Waals surface area contributed by atoms with Gasteiger partial charge in [0.15, 0.2) is 6.61 Å². The molecule has 0 atom stereocenters. The molecule has 0 bridgehead atoms. The summed E-state index contributed by atoms with van der Waals surface area (Å²) in [6.45, 7) is 8.73. The van der Waals surface area contributed by atoms with E-state index in [9.17, 15) is 4.79 Å². The van der Waals surface area contributed by atoms with E-state index in [-0.39, 0.29) is 12.5 Å². The van der Waals surface area contributed by atoms with E-state index in [1.165, 1.54) is 5.56 Å². The minimum absolute atomic E-state index is 0.0392. The third kappa shape index (κ3) is 4.96. The van der Waals surface area contributed by atoms with Gasteiger partial charge in [0.05, 0.1) is 0 Å². The number of carbonyl (C=O) groups excluding carboxylic acids is 1. The van der Waals surface area contributed by atoms with Crippen molar-refractivity contribution in [1.29, 1.82) is 0 Å². The number of likely N-dealkylation sites (N-methyl/N-ethyl adjacent to an activating group) is 1. The molecule has 2 rings (SSSR count). The van der Waals surface area contributed by atoms with Crippen LogP contribution in [-0.2, 0) is 9.53 Å². The van der Waals surface area contributed by atoms with E-state index in [0.717, 1.165) is 55.9 Å². The molecule has 0 unspecified atom stereocenters. The molecule has 1 aliphatic heterocycles. The van der Waals surface area contributed by atoms with Crippen LogP contribution in [0.5, 0.6) is 5.75 Å². The number of ether oxygens (including phenoxy) is 2. The van der Waals surface area contributed by atoms with Gasteiger partial charge in [0.25, 0.3) is 5.91 Å². The molecule has 0 aliphatic carbocycles. The van der Waals surface area contributed by atoms with Gasteiger partial charge in [-0.1, -0.05) is 12.1 Å². The molecule has 1 heterocycles. The molecule has 1 saturated heterocycles. The topological polar surface area (TPSA) is 38.8 Å². The predicted octanol–water partition coefficient (Wildman–Crippen LogP) is 3.27. The Morgan fingerprint density at radius 1 is 1.22 bits per heavy atom. The van der Waals surface area contributed by atoms with Crippen molar-refractivity contribution in [3.8, 4) is 5.75 Å². The van der Waals surface area contributed by atoms with Crippen LogP contribution in [0, 0.1) is 26.7 Å². The van der Waals surface area contributed by atoms with E-state index in [4.69, 9.17) is 9.47 Å². The van der Waals surface area contributed by atoms with Crippen molar-refractivity contribution < 1.29 is 14.3 Å². The van der Waals surface area contributed by atoms with E-state index >= 15 is 0 Å². The molecule has 0 saturated carbocycles. The van der Waals surface area contributed by atoms with Gasteiger partial charge in [-0.3, -0.25) is 4.79 Å². The Hall–Kier alpha value is -1.55. The first-order valence-electron chi connectivity index (χ1n) is 8.50. The second kappa shape index (κ2) is 8.34. The Morgan fingerprint density at radius 3 is 2.57 bits per heavy atom. The summed E-state index contributed by atoms with van der Waals surface area (Å²) in [5, 5.41) is 0. The molecule has 1 fully saturated rings. The summed E-state index contributed by atoms with van der Waals surface area (Å²) in [5.74, 6) is 1.56. The Balaban J connectivity index is 1.81. The number of aryl methyl sites for hydroxylation is 2. The van der Waals surface area contributed by atoms with Gasteiger partial charge in [-0.05, 0) is 62.6 Å². The number of carbonyl (C=O) groups is 1. The molecule has 1 aromatic carbocycles. The van der Waals surface area contributed by atoms with E-state index in [1.54, 1.807) is 4.90 Å². The molecular formula is C19H29NO3. The lowest BCUT2D eigenvalue weighted by atomic mass is 9.96. The molecule has 1 amide bonds. The summed E-state index contributed by atoms with van der Waals surface area (Å²) in [7, 11) is 1.86. The highest BCUT2D eigenvalue weighted by molar-refractivity contribution is 5.77. The lowest BCUT2D eigenvalue weighted by molar-refractivity contribution is -0.132.